The Balaban J connectivity index is 4.04. The fraction of sp³-hybridized carbons (Fsp3) is 0.375. The average molecular weight is 138 g/mol. The summed E-state index contributed by atoms with van der Waals surface area (Å²) in [5.74, 6) is 0. The van der Waals surface area contributed by atoms with Crippen molar-refractivity contribution in [1.82, 2.24) is 5.43 Å². The third kappa shape index (κ3) is 3.07. The Kier molecular flexibility index (Phi) is 4.29. The van der Waals surface area contributed by atoms with E-state index in [9.17, 15) is 0 Å². The zero-order chi connectivity index (χ0) is 7.98. The van der Waals surface area contributed by atoms with E-state index in [1.807, 2.05) is 13.8 Å². The van der Waals surface area contributed by atoms with Crippen molar-refractivity contribution in [3.63, 3.8) is 0 Å². The standard InChI is InChI=1S/C8H14N2/c1-5-8(7(3)4)10-9-6-2/h5,9H,1,3,6H2,2,4H3/b10-8+. The number of rotatable bonds is 4. The second kappa shape index (κ2) is 4.79. The number of nitrogens with one attached hydrogen (secondary N) is 1. The molecule has 0 aromatic heterocycles. The average Bonchev–Trinajstić information content (AvgIpc) is 1.89. The molecule has 0 saturated carbocycles. The molecule has 0 spiro atoms. The summed E-state index contributed by atoms with van der Waals surface area (Å²) in [4.78, 5) is 0. The Morgan fingerprint density at radius 1 is 1.70 bits per heavy atom. The van der Waals surface area contributed by atoms with E-state index < -0.39 is 0 Å². The molecule has 56 valence electrons. The van der Waals surface area contributed by atoms with Crippen LogP contribution in [0.4, 0.5) is 0 Å². The van der Waals surface area contributed by atoms with Crippen molar-refractivity contribution in [2.45, 2.75) is 13.8 Å². The topological polar surface area (TPSA) is 24.4 Å². The maximum absolute atomic E-state index is 4.01. The maximum Gasteiger partial charge on any atom is 0.0846 e. The molecule has 0 aliphatic heterocycles. The van der Waals surface area contributed by atoms with Crippen molar-refractivity contribution in [3.05, 3.63) is 24.8 Å². The second-order valence-corrected chi connectivity index (χ2v) is 1.99. The van der Waals surface area contributed by atoms with Gasteiger partial charge < -0.3 is 5.43 Å². The zero-order valence-corrected chi connectivity index (χ0v) is 6.65. The maximum atomic E-state index is 4.01. The van der Waals surface area contributed by atoms with Crippen LogP contribution in [-0.2, 0) is 0 Å². The molecule has 0 radical (unpaired) electrons. The SMILES string of the molecule is C=C/C(=N\NCC)C(=C)C. The van der Waals surface area contributed by atoms with Gasteiger partial charge in [-0.15, -0.1) is 0 Å². The Bertz CT molecular complexity index is 157. The molecule has 0 atom stereocenters. The van der Waals surface area contributed by atoms with E-state index >= 15 is 0 Å². The molecule has 0 saturated heterocycles. The van der Waals surface area contributed by atoms with Crippen molar-refractivity contribution >= 4 is 5.71 Å². The van der Waals surface area contributed by atoms with Crippen molar-refractivity contribution in [2.75, 3.05) is 6.54 Å². The van der Waals surface area contributed by atoms with Gasteiger partial charge in [-0.1, -0.05) is 13.2 Å². The Morgan fingerprint density at radius 2 is 2.30 bits per heavy atom. The van der Waals surface area contributed by atoms with Gasteiger partial charge in [-0.2, -0.15) is 5.10 Å². The molecule has 0 heterocycles. The smallest absolute Gasteiger partial charge is 0.0846 e. The molecule has 2 heteroatoms. The zero-order valence-electron chi connectivity index (χ0n) is 6.65. The number of hydrogen-bond acceptors (Lipinski definition) is 2. The van der Waals surface area contributed by atoms with Gasteiger partial charge in [-0.05, 0) is 25.5 Å². The van der Waals surface area contributed by atoms with Gasteiger partial charge in [0.2, 0.25) is 0 Å². The molecule has 0 aromatic rings. The summed E-state index contributed by atoms with van der Waals surface area (Å²) in [7, 11) is 0. The number of hydrazone groups is 1. The van der Waals surface area contributed by atoms with Crippen LogP contribution < -0.4 is 5.43 Å². The summed E-state index contributed by atoms with van der Waals surface area (Å²) in [5.41, 5.74) is 4.58. The van der Waals surface area contributed by atoms with Gasteiger partial charge in [0.25, 0.3) is 0 Å². The Labute approximate surface area is 62.3 Å². The summed E-state index contributed by atoms with van der Waals surface area (Å²) in [6.07, 6.45) is 1.69. The van der Waals surface area contributed by atoms with Crippen LogP contribution in [0.3, 0.4) is 0 Å². The first-order valence-corrected chi connectivity index (χ1v) is 3.31. The van der Waals surface area contributed by atoms with Gasteiger partial charge in [0, 0.05) is 6.54 Å². The van der Waals surface area contributed by atoms with Crippen LogP contribution in [0.1, 0.15) is 13.8 Å². The molecule has 10 heavy (non-hydrogen) atoms. The molecule has 0 bridgehead atoms. The van der Waals surface area contributed by atoms with Gasteiger partial charge in [-0.25, -0.2) is 0 Å². The minimum Gasteiger partial charge on any atom is -0.310 e. The largest absolute Gasteiger partial charge is 0.310 e. The molecule has 0 amide bonds. The first-order chi connectivity index (χ1) is 4.72. The van der Waals surface area contributed by atoms with E-state index in [2.05, 4.69) is 23.7 Å². The van der Waals surface area contributed by atoms with Crippen molar-refractivity contribution in [2.24, 2.45) is 5.10 Å². The van der Waals surface area contributed by atoms with Crippen molar-refractivity contribution in [3.8, 4) is 0 Å². The molecule has 0 fully saturated rings. The third-order valence-electron chi connectivity index (χ3n) is 0.988. The minimum atomic E-state index is 0.821. The van der Waals surface area contributed by atoms with E-state index in [0.29, 0.717) is 0 Å². The molecule has 0 aromatic carbocycles. The Morgan fingerprint density at radius 3 is 2.60 bits per heavy atom. The molecule has 2 nitrogen and oxygen atoms in total. The predicted molar refractivity (Wildman–Crippen MR) is 46.1 cm³/mol. The molecule has 0 rings (SSSR count). The summed E-state index contributed by atoms with van der Waals surface area (Å²) < 4.78 is 0. The van der Waals surface area contributed by atoms with E-state index in [1.165, 1.54) is 0 Å². The minimum absolute atomic E-state index is 0.821. The molecule has 0 aliphatic rings. The van der Waals surface area contributed by atoms with Gasteiger partial charge in [-0.3, -0.25) is 0 Å². The molecule has 0 aliphatic carbocycles. The van der Waals surface area contributed by atoms with Crippen LogP contribution in [0, 0.1) is 0 Å². The first kappa shape index (κ1) is 8.95. The third-order valence-corrected chi connectivity index (χ3v) is 0.988. The van der Waals surface area contributed by atoms with Crippen LogP contribution in [0.15, 0.2) is 29.9 Å². The highest BCUT2D eigenvalue weighted by Crippen LogP contribution is 1.92. The monoisotopic (exact) mass is 138 g/mol. The molecule has 0 unspecified atom stereocenters. The van der Waals surface area contributed by atoms with Gasteiger partial charge >= 0.3 is 0 Å². The Hall–Kier alpha value is -1.05. The highest BCUT2D eigenvalue weighted by Gasteiger charge is 1.90. The van der Waals surface area contributed by atoms with E-state index in [-0.39, 0.29) is 0 Å². The van der Waals surface area contributed by atoms with Gasteiger partial charge in [0.15, 0.2) is 0 Å². The lowest BCUT2D eigenvalue weighted by atomic mass is 10.2. The second-order valence-electron chi connectivity index (χ2n) is 1.99. The van der Waals surface area contributed by atoms with Crippen LogP contribution >= 0.6 is 0 Å². The van der Waals surface area contributed by atoms with E-state index in [0.717, 1.165) is 17.8 Å². The highest BCUT2D eigenvalue weighted by molar-refractivity contribution is 6.06. The molecular weight excluding hydrogens is 124 g/mol. The number of allylic oxidation sites excluding steroid dienone is 2. The van der Waals surface area contributed by atoms with Crippen LogP contribution in [0.2, 0.25) is 0 Å². The summed E-state index contributed by atoms with van der Waals surface area (Å²) in [6, 6.07) is 0. The molecule has 1 N–H and O–H groups in total. The molecular formula is C8H14N2. The van der Waals surface area contributed by atoms with E-state index in [4.69, 9.17) is 0 Å². The van der Waals surface area contributed by atoms with Crippen LogP contribution in [0.25, 0.3) is 0 Å². The van der Waals surface area contributed by atoms with Crippen LogP contribution in [-0.4, -0.2) is 12.3 Å². The number of hydrogen-bond donors (Lipinski definition) is 1. The normalized spacial score (nSPS) is 10.8. The van der Waals surface area contributed by atoms with Gasteiger partial charge in [0.05, 0.1) is 5.71 Å². The highest BCUT2D eigenvalue weighted by atomic mass is 15.3. The first-order valence-electron chi connectivity index (χ1n) is 3.31. The van der Waals surface area contributed by atoms with Gasteiger partial charge in [0.1, 0.15) is 0 Å². The lowest BCUT2D eigenvalue weighted by Gasteiger charge is -1.98. The lowest BCUT2D eigenvalue weighted by molar-refractivity contribution is 0.784. The lowest BCUT2D eigenvalue weighted by Crippen LogP contribution is -2.08. The summed E-state index contributed by atoms with van der Waals surface area (Å²) >= 11 is 0. The summed E-state index contributed by atoms with van der Waals surface area (Å²) in [5, 5.41) is 4.01. The van der Waals surface area contributed by atoms with Crippen LogP contribution in [0.5, 0.6) is 0 Å². The summed E-state index contributed by atoms with van der Waals surface area (Å²) in [6.45, 7) is 12.1. The fourth-order valence-corrected chi connectivity index (χ4v) is 0.480. The predicted octanol–water partition coefficient (Wildman–Crippen LogP) is 1.71. The van der Waals surface area contributed by atoms with E-state index in [1.54, 1.807) is 6.08 Å². The number of nitrogens with zero attached hydrogens (tertiary/aromatic N) is 1. The van der Waals surface area contributed by atoms with Crippen molar-refractivity contribution in [1.29, 1.82) is 0 Å². The van der Waals surface area contributed by atoms with Crippen molar-refractivity contribution < 1.29 is 0 Å². The quantitative estimate of drug-likeness (QED) is 0.464. The fourth-order valence-electron chi connectivity index (χ4n) is 0.480.